The van der Waals surface area contributed by atoms with Gasteiger partial charge in [0.2, 0.25) is 0 Å². The van der Waals surface area contributed by atoms with Crippen LogP contribution in [0.25, 0.3) is 11.2 Å². The molecule has 2 aromatic heterocycles. The molecule has 0 bridgehead atoms. The quantitative estimate of drug-likeness (QED) is 0.738. The molecule has 80 valence electrons. The van der Waals surface area contributed by atoms with Crippen molar-refractivity contribution < 1.29 is 0 Å². The van der Waals surface area contributed by atoms with E-state index < -0.39 is 0 Å². The van der Waals surface area contributed by atoms with Crippen LogP contribution in [-0.4, -0.2) is 19.3 Å². The number of aromatic nitrogens is 4. The number of hydrogen-bond acceptors (Lipinski definition) is 3. The molecular weight excluding hydrogens is 216 g/mol. The maximum absolute atomic E-state index is 11.9. The number of rotatable bonds is 1. The maximum atomic E-state index is 11.9. The van der Waals surface area contributed by atoms with Gasteiger partial charge in [0.25, 0.3) is 0 Å². The Kier molecular flexibility index (Phi) is 2.26. The van der Waals surface area contributed by atoms with Crippen molar-refractivity contribution in [2.24, 2.45) is 7.05 Å². The molecule has 0 aromatic carbocycles. The fourth-order valence-electron chi connectivity index (χ4n) is 1.62. The Morgan fingerprint density at radius 1 is 1.40 bits per heavy atom. The number of halogens is 1. The predicted molar refractivity (Wildman–Crippen MR) is 58.2 cm³/mol. The van der Waals surface area contributed by atoms with Crippen LogP contribution < -0.4 is 5.69 Å². The molecule has 0 saturated carbocycles. The Labute approximate surface area is 91.3 Å². The van der Waals surface area contributed by atoms with Crippen molar-refractivity contribution in [1.82, 2.24) is 19.3 Å². The van der Waals surface area contributed by atoms with Crippen molar-refractivity contribution in [1.29, 1.82) is 0 Å². The summed E-state index contributed by atoms with van der Waals surface area (Å²) in [6.45, 7) is 3.88. The summed E-state index contributed by atoms with van der Waals surface area (Å²) in [6, 6.07) is 1.73. The van der Waals surface area contributed by atoms with Crippen LogP contribution in [0, 0.1) is 0 Å². The predicted octanol–water partition coefficient (Wildman–Crippen LogP) is 1.36. The molecule has 5 nitrogen and oxygen atoms in total. The average Bonchev–Trinajstić information content (AvgIpc) is 2.39. The number of hydrogen-bond donors (Lipinski definition) is 0. The summed E-state index contributed by atoms with van der Waals surface area (Å²) in [5.41, 5.74) is 1.17. The number of fused-ring (bicyclic) bond motifs is 1. The zero-order chi connectivity index (χ0) is 11.2. The minimum absolute atomic E-state index is 0.0708. The Hall–Kier alpha value is -1.36. The van der Waals surface area contributed by atoms with Crippen LogP contribution in [-0.2, 0) is 7.05 Å². The summed E-state index contributed by atoms with van der Waals surface area (Å²) in [5.74, 6) is 0. The minimum Gasteiger partial charge on any atom is -0.288 e. The molecule has 0 amide bonds. The van der Waals surface area contributed by atoms with Gasteiger partial charge in [0.05, 0.1) is 5.52 Å². The number of nitrogens with zero attached hydrogens (tertiary/aromatic N) is 4. The molecule has 0 aliphatic rings. The Bertz CT molecular complexity index is 569. The van der Waals surface area contributed by atoms with E-state index in [-0.39, 0.29) is 11.7 Å². The van der Waals surface area contributed by atoms with E-state index in [2.05, 4.69) is 10.2 Å². The third-order valence-electron chi connectivity index (χ3n) is 2.31. The molecule has 0 spiro atoms. The summed E-state index contributed by atoms with van der Waals surface area (Å²) in [4.78, 5) is 11.9. The van der Waals surface area contributed by atoms with Gasteiger partial charge in [-0.25, -0.2) is 4.79 Å². The van der Waals surface area contributed by atoms with Gasteiger partial charge >= 0.3 is 5.69 Å². The highest BCUT2D eigenvalue weighted by atomic mass is 35.5. The minimum atomic E-state index is -0.100. The molecule has 6 heteroatoms. The lowest BCUT2D eigenvalue weighted by Crippen LogP contribution is -2.23. The van der Waals surface area contributed by atoms with Gasteiger partial charge in [-0.1, -0.05) is 11.6 Å². The van der Waals surface area contributed by atoms with Crippen molar-refractivity contribution in [3.8, 4) is 0 Å². The third-order valence-corrected chi connectivity index (χ3v) is 2.50. The van der Waals surface area contributed by atoms with Crippen LogP contribution in [0.5, 0.6) is 0 Å². The molecule has 2 aromatic rings. The molecule has 0 unspecified atom stereocenters. The van der Waals surface area contributed by atoms with Crippen molar-refractivity contribution in [2.45, 2.75) is 19.9 Å². The highest BCUT2D eigenvalue weighted by Crippen LogP contribution is 2.16. The third kappa shape index (κ3) is 1.43. The monoisotopic (exact) mass is 226 g/mol. The van der Waals surface area contributed by atoms with E-state index in [9.17, 15) is 4.79 Å². The molecule has 2 rings (SSSR count). The second kappa shape index (κ2) is 3.34. The van der Waals surface area contributed by atoms with Crippen molar-refractivity contribution in [3.05, 3.63) is 21.7 Å². The first-order valence-electron chi connectivity index (χ1n) is 4.62. The van der Waals surface area contributed by atoms with Crippen LogP contribution in [0.2, 0.25) is 5.15 Å². The van der Waals surface area contributed by atoms with E-state index in [0.29, 0.717) is 10.8 Å². The SMILES string of the molecule is CC(C)n1c(=O)n(C)c2nnc(Cl)cc21. The van der Waals surface area contributed by atoms with Gasteiger partial charge < -0.3 is 0 Å². The molecule has 15 heavy (non-hydrogen) atoms. The smallest absolute Gasteiger partial charge is 0.288 e. The van der Waals surface area contributed by atoms with E-state index >= 15 is 0 Å². The summed E-state index contributed by atoms with van der Waals surface area (Å²) >= 11 is 5.76. The zero-order valence-corrected chi connectivity index (χ0v) is 9.49. The summed E-state index contributed by atoms with van der Waals surface area (Å²) in [6.07, 6.45) is 0. The van der Waals surface area contributed by atoms with E-state index in [4.69, 9.17) is 11.6 Å². The Balaban J connectivity index is 2.95. The van der Waals surface area contributed by atoms with Gasteiger partial charge in [-0.2, -0.15) is 0 Å². The van der Waals surface area contributed by atoms with Crippen molar-refractivity contribution in [2.75, 3.05) is 0 Å². The van der Waals surface area contributed by atoms with E-state index in [1.807, 2.05) is 13.8 Å². The lowest BCUT2D eigenvalue weighted by atomic mass is 10.3. The number of aryl methyl sites for hydroxylation is 1. The second-order valence-corrected chi connectivity index (χ2v) is 4.07. The van der Waals surface area contributed by atoms with Crippen molar-refractivity contribution >= 4 is 22.8 Å². The molecule has 0 aliphatic carbocycles. The van der Waals surface area contributed by atoms with Gasteiger partial charge in [0.15, 0.2) is 10.8 Å². The van der Waals surface area contributed by atoms with Crippen LogP contribution in [0.1, 0.15) is 19.9 Å². The average molecular weight is 227 g/mol. The highest BCUT2D eigenvalue weighted by molar-refractivity contribution is 6.29. The lowest BCUT2D eigenvalue weighted by molar-refractivity contribution is 0.583. The fourth-order valence-corrected chi connectivity index (χ4v) is 1.76. The first-order chi connectivity index (χ1) is 7.02. The van der Waals surface area contributed by atoms with Crippen LogP contribution in [0.15, 0.2) is 10.9 Å². The lowest BCUT2D eigenvalue weighted by Gasteiger charge is -2.05. The Morgan fingerprint density at radius 2 is 2.07 bits per heavy atom. The zero-order valence-electron chi connectivity index (χ0n) is 8.73. The summed E-state index contributed by atoms with van der Waals surface area (Å²) in [7, 11) is 1.67. The van der Waals surface area contributed by atoms with Gasteiger partial charge in [0, 0.05) is 19.2 Å². The van der Waals surface area contributed by atoms with E-state index in [1.165, 1.54) is 4.57 Å². The standard InChI is InChI=1S/C9H11ClN4O/c1-5(2)14-6-4-7(10)11-12-8(6)13(3)9(14)15/h4-5H,1-3H3. The molecule has 0 fully saturated rings. The summed E-state index contributed by atoms with van der Waals surface area (Å²) in [5, 5.41) is 7.92. The van der Waals surface area contributed by atoms with Gasteiger partial charge in [-0.3, -0.25) is 9.13 Å². The second-order valence-electron chi connectivity index (χ2n) is 3.68. The van der Waals surface area contributed by atoms with Crippen LogP contribution in [0.4, 0.5) is 0 Å². The molecular formula is C9H11ClN4O. The molecule has 0 aliphatic heterocycles. The first-order valence-corrected chi connectivity index (χ1v) is 5.00. The maximum Gasteiger partial charge on any atom is 0.330 e. The molecule has 0 saturated heterocycles. The largest absolute Gasteiger partial charge is 0.330 e. The molecule has 2 heterocycles. The normalized spacial score (nSPS) is 11.5. The molecule has 0 atom stereocenters. The summed E-state index contributed by atoms with van der Waals surface area (Å²) < 4.78 is 3.12. The van der Waals surface area contributed by atoms with Gasteiger partial charge in [-0.15, -0.1) is 10.2 Å². The number of imidazole rings is 1. The molecule has 0 radical (unpaired) electrons. The van der Waals surface area contributed by atoms with E-state index in [0.717, 1.165) is 5.52 Å². The van der Waals surface area contributed by atoms with Crippen molar-refractivity contribution in [3.63, 3.8) is 0 Å². The highest BCUT2D eigenvalue weighted by Gasteiger charge is 2.14. The van der Waals surface area contributed by atoms with Crippen LogP contribution >= 0.6 is 11.6 Å². The van der Waals surface area contributed by atoms with Crippen LogP contribution in [0.3, 0.4) is 0 Å². The van der Waals surface area contributed by atoms with Gasteiger partial charge in [0.1, 0.15) is 0 Å². The topological polar surface area (TPSA) is 52.7 Å². The van der Waals surface area contributed by atoms with E-state index in [1.54, 1.807) is 17.7 Å². The Morgan fingerprint density at radius 3 is 2.67 bits per heavy atom. The first kappa shape index (κ1) is 10.2. The fraction of sp³-hybridized carbons (Fsp3) is 0.444. The molecule has 0 N–H and O–H groups in total. The van der Waals surface area contributed by atoms with Gasteiger partial charge in [-0.05, 0) is 13.8 Å².